The molecule has 2 rings (SSSR count). The molecule has 0 amide bonds. The van der Waals surface area contributed by atoms with E-state index < -0.39 is 10.1 Å². The van der Waals surface area contributed by atoms with Crippen molar-refractivity contribution in [1.82, 2.24) is 4.98 Å². The fourth-order valence-electron chi connectivity index (χ4n) is 1.62. The third-order valence-electron chi connectivity index (χ3n) is 2.62. The molecule has 0 aliphatic heterocycles. The lowest BCUT2D eigenvalue weighted by molar-refractivity contribution is 0.307. The minimum absolute atomic E-state index is 0.00904. The average molecular weight is 277 g/mol. The Bertz CT molecular complexity index is 663. The van der Waals surface area contributed by atoms with Gasteiger partial charge in [-0.3, -0.25) is 9.17 Å². The van der Waals surface area contributed by atoms with E-state index in [1.165, 1.54) is 0 Å². The van der Waals surface area contributed by atoms with E-state index in [2.05, 4.69) is 4.98 Å². The van der Waals surface area contributed by atoms with Crippen molar-refractivity contribution < 1.29 is 12.6 Å². The number of aromatic nitrogens is 1. The number of hydrogen-bond donors (Lipinski definition) is 0. The lowest BCUT2D eigenvalue weighted by atomic mass is 10.2. The Morgan fingerprint density at radius 2 is 1.74 bits per heavy atom. The van der Waals surface area contributed by atoms with Crippen LogP contribution in [0.3, 0.4) is 0 Å². The lowest BCUT2D eigenvalue weighted by Crippen LogP contribution is -2.06. The second kappa shape index (κ2) is 5.50. The number of rotatable bonds is 4. The Morgan fingerprint density at radius 3 is 2.37 bits per heavy atom. The Hall–Kier alpha value is -1.72. The van der Waals surface area contributed by atoms with Crippen molar-refractivity contribution in [2.24, 2.45) is 0 Å². The van der Waals surface area contributed by atoms with Crippen LogP contribution in [-0.4, -0.2) is 13.4 Å². The topological polar surface area (TPSA) is 56.3 Å². The summed E-state index contributed by atoms with van der Waals surface area (Å²) in [5.41, 5.74) is 2.70. The normalized spacial score (nSPS) is 11.5. The van der Waals surface area contributed by atoms with Crippen LogP contribution in [0.2, 0.25) is 0 Å². The zero-order valence-corrected chi connectivity index (χ0v) is 11.6. The summed E-state index contributed by atoms with van der Waals surface area (Å²) in [6.07, 6.45) is 3.30. The molecule has 0 radical (unpaired) electrons. The molecule has 1 aromatic carbocycles. The number of pyridine rings is 1. The van der Waals surface area contributed by atoms with Gasteiger partial charge in [0.1, 0.15) is 0 Å². The highest BCUT2D eigenvalue weighted by Crippen LogP contribution is 2.15. The first kappa shape index (κ1) is 13.7. The first-order valence-electron chi connectivity index (χ1n) is 5.84. The highest BCUT2D eigenvalue weighted by molar-refractivity contribution is 7.86. The third-order valence-corrected chi connectivity index (χ3v) is 3.90. The minimum atomic E-state index is -3.72. The fourth-order valence-corrected chi connectivity index (χ4v) is 2.51. The van der Waals surface area contributed by atoms with Crippen molar-refractivity contribution in [3.05, 3.63) is 59.4 Å². The van der Waals surface area contributed by atoms with Crippen molar-refractivity contribution in [1.29, 1.82) is 0 Å². The van der Waals surface area contributed by atoms with Gasteiger partial charge in [0, 0.05) is 12.4 Å². The molecule has 0 aliphatic rings. The van der Waals surface area contributed by atoms with Gasteiger partial charge < -0.3 is 0 Å². The SMILES string of the molecule is Cc1ccc(S(=O)(=O)OCc2cncc(C)c2)cc1. The third kappa shape index (κ3) is 3.62. The van der Waals surface area contributed by atoms with Crippen LogP contribution in [0.1, 0.15) is 16.7 Å². The van der Waals surface area contributed by atoms with Crippen LogP contribution < -0.4 is 0 Å². The van der Waals surface area contributed by atoms with Crippen LogP contribution in [0.5, 0.6) is 0 Å². The van der Waals surface area contributed by atoms with Crippen molar-refractivity contribution >= 4 is 10.1 Å². The molecule has 0 spiro atoms. The second-order valence-corrected chi connectivity index (χ2v) is 6.02. The molecule has 100 valence electrons. The van der Waals surface area contributed by atoms with Crippen LogP contribution in [-0.2, 0) is 20.9 Å². The predicted molar refractivity (Wildman–Crippen MR) is 72.1 cm³/mol. The molecule has 0 N–H and O–H groups in total. The molecule has 0 saturated heterocycles. The summed E-state index contributed by atoms with van der Waals surface area (Å²) < 4.78 is 28.9. The first-order chi connectivity index (χ1) is 8.97. The molecule has 5 heteroatoms. The van der Waals surface area contributed by atoms with E-state index >= 15 is 0 Å². The Balaban J connectivity index is 2.12. The van der Waals surface area contributed by atoms with Crippen LogP contribution >= 0.6 is 0 Å². The lowest BCUT2D eigenvalue weighted by Gasteiger charge is -2.06. The summed E-state index contributed by atoms with van der Waals surface area (Å²) in [7, 11) is -3.72. The molecular formula is C14H15NO3S. The van der Waals surface area contributed by atoms with Gasteiger partial charge in [-0.2, -0.15) is 8.42 Å². The van der Waals surface area contributed by atoms with Crippen molar-refractivity contribution in [2.45, 2.75) is 25.3 Å². The van der Waals surface area contributed by atoms with Gasteiger partial charge in [0.15, 0.2) is 0 Å². The van der Waals surface area contributed by atoms with E-state index in [-0.39, 0.29) is 11.5 Å². The number of nitrogens with zero attached hydrogens (tertiary/aromatic N) is 1. The summed E-state index contributed by atoms with van der Waals surface area (Å²) in [4.78, 5) is 4.16. The average Bonchev–Trinajstić information content (AvgIpc) is 2.37. The molecule has 19 heavy (non-hydrogen) atoms. The first-order valence-corrected chi connectivity index (χ1v) is 7.25. The van der Waals surface area contributed by atoms with Gasteiger partial charge in [-0.05, 0) is 37.1 Å². The number of benzene rings is 1. The minimum Gasteiger partial charge on any atom is -0.264 e. The van der Waals surface area contributed by atoms with E-state index in [1.54, 1.807) is 36.7 Å². The Labute approximate surface area is 113 Å². The maximum Gasteiger partial charge on any atom is 0.297 e. The van der Waals surface area contributed by atoms with Crippen molar-refractivity contribution in [3.8, 4) is 0 Å². The monoisotopic (exact) mass is 277 g/mol. The molecule has 0 unspecified atom stereocenters. The summed E-state index contributed by atoms with van der Waals surface area (Å²) in [5.74, 6) is 0. The van der Waals surface area contributed by atoms with Crippen molar-refractivity contribution in [3.63, 3.8) is 0 Å². The summed E-state index contributed by atoms with van der Waals surface area (Å²) in [5, 5.41) is 0. The van der Waals surface area contributed by atoms with E-state index in [1.807, 2.05) is 19.9 Å². The Morgan fingerprint density at radius 1 is 1.05 bits per heavy atom. The van der Waals surface area contributed by atoms with Gasteiger partial charge >= 0.3 is 0 Å². The van der Waals surface area contributed by atoms with Crippen LogP contribution in [0.4, 0.5) is 0 Å². The van der Waals surface area contributed by atoms with Gasteiger partial charge in [-0.1, -0.05) is 23.8 Å². The van der Waals surface area contributed by atoms with Gasteiger partial charge in [0.25, 0.3) is 10.1 Å². The summed E-state index contributed by atoms with van der Waals surface area (Å²) >= 11 is 0. The smallest absolute Gasteiger partial charge is 0.264 e. The molecule has 2 aromatic rings. The largest absolute Gasteiger partial charge is 0.297 e. The molecule has 1 heterocycles. The number of aryl methyl sites for hydroxylation is 2. The van der Waals surface area contributed by atoms with Gasteiger partial charge in [-0.25, -0.2) is 0 Å². The van der Waals surface area contributed by atoms with E-state index in [0.717, 1.165) is 16.7 Å². The van der Waals surface area contributed by atoms with E-state index in [4.69, 9.17) is 4.18 Å². The van der Waals surface area contributed by atoms with Crippen molar-refractivity contribution in [2.75, 3.05) is 0 Å². The maximum atomic E-state index is 12.0. The highest BCUT2D eigenvalue weighted by Gasteiger charge is 2.14. The molecule has 4 nitrogen and oxygen atoms in total. The molecule has 0 bridgehead atoms. The Kier molecular flexibility index (Phi) is 3.97. The molecule has 0 atom stereocenters. The molecule has 0 fully saturated rings. The molecular weight excluding hydrogens is 262 g/mol. The van der Waals surface area contributed by atoms with E-state index in [9.17, 15) is 8.42 Å². The quantitative estimate of drug-likeness (QED) is 0.806. The maximum absolute atomic E-state index is 12.0. The second-order valence-electron chi connectivity index (χ2n) is 4.40. The predicted octanol–water partition coefficient (Wildman–Crippen LogP) is 2.60. The van der Waals surface area contributed by atoms with Gasteiger partial charge in [0.05, 0.1) is 11.5 Å². The molecule has 0 saturated carbocycles. The standard InChI is InChI=1S/C14H15NO3S/c1-11-3-5-14(6-4-11)19(16,17)18-10-13-7-12(2)8-15-9-13/h3-9H,10H2,1-2H3. The zero-order valence-electron chi connectivity index (χ0n) is 10.8. The zero-order chi connectivity index (χ0) is 13.9. The number of hydrogen-bond acceptors (Lipinski definition) is 4. The van der Waals surface area contributed by atoms with Crippen LogP contribution in [0, 0.1) is 13.8 Å². The van der Waals surface area contributed by atoms with E-state index in [0.29, 0.717) is 0 Å². The highest BCUT2D eigenvalue weighted by atomic mass is 32.2. The molecule has 1 aromatic heterocycles. The molecule has 0 aliphatic carbocycles. The van der Waals surface area contributed by atoms with Crippen LogP contribution in [0.25, 0.3) is 0 Å². The summed E-state index contributed by atoms with van der Waals surface area (Å²) in [6.45, 7) is 3.78. The fraction of sp³-hybridized carbons (Fsp3) is 0.214. The van der Waals surface area contributed by atoms with Gasteiger partial charge in [-0.15, -0.1) is 0 Å². The van der Waals surface area contributed by atoms with Crippen LogP contribution in [0.15, 0.2) is 47.6 Å². The van der Waals surface area contributed by atoms with Gasteiger partial charge in [0.2, 0.25) is 0 Å². The summed E-state index contributed by atoms with van der Waals surface area (Å²) in [6, 6.07) is 8.41.